The minimum absolute atomic E-state index is 0.0133. The SMILES string of the molecule is O=C(Nc1nc(-c2cccc([N+](=O)[O-])c2)cs1)c1cnccn1. The van der Waals surface area contributed by atoms with Gasteiger partial charge in [0.25, 0.3) is 11.6 Å². The van der Waals surface area contributed by atoms with E-state index in [4.69, 9.17) is 0 Å². The molecule has 0 radical (unpaired) electrons. The maximum atomic E-state index is 12.0. The first-order chi connectivity index (χ1) is 11.1. The summed E-state index contributed by atoms with van der Waals surface area (Å²) in [5, 5.41) is 15.5. The number of non-ortho nitro benzene ring substituents is 1. The summed E-state index contributed by atoms with van der Waals surface area (Å²) in [4.78, 5) is 34.3. The molecule has 0 aliphatic rings. The fourth-order valence-electron chi connectivity index (χ4n) is 1.82. The van der Waals surface area contributed by atoms with Crippen molar-refractivity contribution >= 4 is 28.1 Å². The van der Waals surface area contributed by atoms with Crippen LogP contribution in [-0.2, 0) is 0 Å². The molecule has 0 aliphatic carbocycles. The smallest absolute Gasteiger partial charge is 0.277 e. The molecule has 0 bridgehead atoms. The van der Waals surface area contributed by atoms with E-state index >= 15 is 0 Å². The topological polar surface area (TPSA) is 111 Å². The van der Waals surface area contributed by atoms with Crippen LogP contribution in [0.3, 0.4) is 0 Å². The first-order valence-corrected chi connectivity index (χ1v) is 7.29. The number of anilines is 1. The Kier molecular flexibility index (Phi) is 4.02. The highest BCUT2D eigenvalue weighted by molar-refractivity contribution is 7.14. The Morgan fingerprint density at radius 3 is 2.91 bits per heavy atom. The minimum Gasteiger partial charge on any atom is -0.296 e. The molecule has 0 aliphatic heterocycles. The molecule has 8 nitrogen and oxygen atoms in total. The number of amides is 1. The lowest BCUT2D eigenvalue weighted by Gasteiger charge is -2.00. The first kappa shape index (κ1) is 14.7. The predicted octanol–water partition coefficient (Wildman–Crippen LogP) is 2.76. The maximum absolute atomic E-state index is 12.0. The van der Waals surface area contributed by atoms with Crippen molar-refractivity contribution in [2.24, 2.45) is 0 Å². The van der Waals surface area contributed by atoms with Gasteiger partial charge in [-0.05, 0) is 0 Å². The van der Waals surface area contributed by atoms with Crippen LogP contribution in [-0.4, -0.2) is 25.8 Å². The van der Waals surface area contributed by atoms with Crippen LogP contribution in [0.4, 0.5) is 10.8 Å². The first-order valence-electron chi connectivity index (χ1n) is 6.41. The Morgan fingerprint density at radius 1 is 1.30 bits per heavy atom. The molecule has 0 spiro atoms. The molecular weight excluding hydrogens is 318 g/mol. The molecule has 0 atom stereocenters. The normalized spacial score (nSPS) is 10.3. The number of carbonyl (C=O) groups excluding carboxylic acids is 1. The van der Waals surface area contributed by atoms with Crippen molar-refractivity contribution in [1.29, 1.82) is 0 Å². The van der Waals surface area contributed by atoms with Crippen LogP contribution in [0.1, 0.15) is 10.5 Å². The zero-order valence-corrected chi connectivity index (χ0v) is 12.4. The number of aromatic nitrogens is 3. The van der Waals surface area contributed by atoms with Gasteiger partial charge in [0.2, 0.25) is 0 Å². The maximum Gasteiger partial charge on any atom is 0.277 e. The number of nitro benzene ring substituents is 1. The highest BCUT2D eigenvalue weighted by Gasteiger charge is 2.13. The number of rotatable bonds is 4. The summed E-state index contributed by atoms with van der Waals surface area (Å²) in [5.74, 6) is -0.418. The Bertz CT molecular complexity index is 866. The molecule has 3 aromatic rings. The average molecular weight is 327 g/mol. The summed E-state index contributed by atoms with van der Waals surface area (Å²) in [7, 11) is 0. The number of thiazole rings is 1. The third kappa shape index (κ3) is 3.35. The number of hydrogen-bond acceptors (Lipinski definition) is 7. The van der Waals surface area contributed by atoms with E-state index in [1.807, 2.05) is 0 Å². The van der Waals surface area contributed by atoms with Gasteiger partial charge in [0.15, 0.2) is 5.13 Å². The predicted molar refractivity (Wildman–Crippen MR) is 84.2 cm³/mol. The summed E-state index contributed by atoms with van der Waals surface area (Å²) >= 11 is 1.22. The lowest BCUT2D eigenvalue weighted by atomic mass is 10.1. The molecular formula is C14H9N5O3S. The Morgan fingerprint density at radius 2 is 2.17 bits per heavy atom. The monoisotopic (exact) mass is 327 g/mol. The number of nitrogens with zero attached hydrogens (tertiary/aromatic N) is 4. The molecule has 0 fully saturated rings. The lowest BCUT2D eigenvalue weighted by Crippen LogP contribution is -2.13. The lowest BCUT2D eigenvalue weighted by molar-refractivity contribution is -0.384. The van der Waals surface area contributed by atoms with Crippen LogP contribution in [0.25, 0.3) is 11.3 Å². The van der Waals surface area contributed by atoms with Crippen LogP contribution in [0, 0.1) is 10.1 Å². The van der Waals surface area contributed by atoms with Gasteiger partial charge in [-0.3, -0.25) is 25.2 Å². The standard InChI is InChI=1S/C14H9N5O3S/c20-13(11-7-15-4-5-16-11)18-14-17-12(8-23-14)9-2-1-3-10(6-9)19(21)22/h1-8H,(H,17,18,20). The van der Waals surface area contributed by atoms with Crippen molar-refractivity contribution in [3.63, 3.8) is 0 Å². The van der Waals surface area contributed by atoms with E-state index in [0.29, 0.717) is 16.4 Å². The van der Waals surface area contributed by atoms with Crippen LogP contribution in [0.15, 0.2) is 48.2 Å². The second kappa shape index (κ2) is 6.28. The summed E-state index contributed by atoms with van der Waals surface area (Å²) in [6.45, 7) is 0. The van der Waals surface area contributed by atoms with Crippen LogP contribution in [0.5, 0.6) is 0 Å². The van der Waals surface area contributed by atoms with E-state index in [0.717, 1.165) is 0 Å². The average Bonchev–Trinajstić information content (AvgIpc) is 3.04. The van der Waals surface area contributed by atoms with Gasteiger partial charge in [0.05, 0.1) is 16.8 Å². The number of benzene rings is 1. The second-order valence-corrected chi connectivity index (χ2v) is 5.25. The van der Waals surface area contributed by atoms with Crippen molar-refractivity contribution in [3.05, 3.63) is 64.0 Å². The van der Waals surface area contributed by atoms with Crippen molar-refractivity contribution in [3.8, 4) is 11.3 Å². The second-order valence-electron chi connectivity index (χ2n) is 4.39. The largest absolute Gasteiger partial charge is 0.296 e. The number of nitro groups is 1. The molecule has 2 aromatic heterocycles. The van der Waals surface area contributed by atoms with Crippen LogP contribution < -0.4 is 5.32 Å². The van der Waals surface area contributed by atoms with Gasteiger partial charge in [-0.1, -0.05) is 12.1 Å². The van der Waals surface area contributed by atoms with Gasteiger partial charge in [-0.25, -0.2) is 9.97 Å². The molecule has 9 heteroatoms. The molecule has 1 aromatic carbocycles. The van der Waals surface area contributed by atoms with Gasteiger partial charge >= 0.3 is 0 Å². The fourth-order valence-corrected chi connectivity index (χ4v) is 2.53. The molecule has 114 valence electrons. The Balaban J connectivity index is 1.80. The summed E-state index contributed by atoms with van der Waals surface area (Å²) in [5.41, 5.74) is 1.32. The van der Waals surface area contributed by atoms with Crippen molar-refractivity contribution in [2.75, 3.05) is 5.32 Å². The third-order valence-corrected chi connectivity index (χ3v) is 3.63. The highest BCUT2D eigenvalue weighted by atomic mass is 32.1. The van der Waals surface area contributed by atoms with Crippen molar-refractivity contribution in [2.45, 2.75) is 0 Å². The number of carbonyl (C=O) groups is 1. The molecule has 0 unspecified atom stereocenters. The summed E-state index contributed by atoms with van der Waals surface area (Å²) in [6.07, 6.45) is 4.25. The third-order valence-electron chi connectivity index (χ3n) is 2.87. The molecule has 1 amide bonds. The van der Waals surface area contributed by atoms with Crippen LogP contribution >= 0.6 is 11.3 Å². The van der Waals surface area contributed by atoms with Crippen molar-refractivity contribution in [1.82, 2.24) is 15.0 Å². The van der Waals surface area contributed by atoms with Gasteiger partial charge < -0.3 is 0 Å². The fraction of sp³-hybridized carbons (Fsp3) is 0. The summed E-state index contributed by atoms with van der Waals surface area (Å²) < 4.78 is 0. The van der Waals surface area contributed by atoms with Crippen molar-refractivity contribution < 1.29 is 9.72 Å². The quantitative estimate of drug-likeness (QED) is 0.582. The summed E-state index contributed by atoms with van der Waals surface area (Å²) in [6, 6.07) is 6.15. The van der Waals surface area contributed by atoms with E-state index in [-0.39, 0.29) is 11.4 Å². The highest BCUT2D eigenvalue weighted by Crippen LogP contribution is 2.27. The number of nitrogens with one attached hydrogen (secondary N) is 1. The Hall–Kier alpha value is -3.20. The molecule has 3 rings (SSSR count). The molecule has 23 heavy (non-hydrogen) atoms. The number of hydrogen-bond donors (Lipinski definition) is 1. The van der Waals surface area contributed by atoms with E-state index in [1.165, 1.54) is 42.1 Å². The zero-order valence-electron chi connectivity index (χ0n) is 11.5. The van der Waals surface area contributed by atoms with Gasteiger partial charge in [-0.2, -0.15) is 0 Å². The van der Waals surface area contributed by atoms with E-state index in [9.17, 15) is 14.9 Å². The molecule has 1 N–H and O–H groups in total. The van der Waals surface area contributed by atoms with Gasteiger partial charge in [0.1, 0.15) is 5.69 Å². The van der Waals surface area contributed by atoms with E-state index in [1.54, 1.807) is 17.5 Å². The molecule has 0 saturated heterocycles. The Labute approximate surface area is 134 Å². The van der Waals surface area contributed by atoms with E-state index < -0.39 is 10.8 Å². The molecule has 0 saturated carbocycles. The van der Waals surface area contributed by atoms with Crippen LogP contribution in [0.2, 0.25) is 0 Å². The van der Waals surface area contributed by atoms with E-state index in [2.05, 4.69) is 20.3 Å². The van der Waals surface area contributed by atoms with Gasteiger partial charge in [-0.15, -0.1) is 11.3 Å². The zero-order chi connectivity index (χ0) is 16.2. The molecule has 2 heterocycles. The van der Waals surface area contributed by atoms with Gasteiger partial charge in [0, 0.05) is 35.5 Å². The minimum atomic E-state index is -0.466.